The van der Waals surface area contributed by atoms with E-state index >= 15 is 0 Å². The SMILES string of the molecule is O=C(NCCN(CCO)C(=O)c1ccnc(Cl)c1)c1ccnc(Cl)c1. The van der Waals surface area contributed by atoms with Gasteiger partial charge in [-0.15, -0.1) is 0 Å². The van der Waals surface area contributed by atoms with Crippen molar-refractivity contribution in [3.05, 3.63) is 58.1 Å². The third-order valence-corrected chi connectivity index (χ3v) is 3.70. The van der Waals surface area contributed by atoms with Crippen LogP contribution in [0.2, 0.25) is 10.3 Å². The molecule has 0 fully saturated rings. The fraction of sp³-hybridized carbons (Fsp3) is 0.250. The zero-order valence-electron chi connectivity index (χ0n) is 13.2. The molecule has 0 aliphatic carbocycles. The van der Waals surface area contributed by atoms with Crippen LogP contribution in [-0.2, 0) is 0 Å². The maximum Gasteiger partial charge on any atom is 0.254 e. The minimum Gasteiger partial charge on any atom is -0.395 e. The second kappa shape index (κ2) is 9.31. The number of carbonyl (C=O) groups excluding carboxylic acids is 2. The van der Waals surface area contributed by atoms with Crippen LogP contribution in [-0.4, -0.2) is 58.0 Å². The average Bonchev–Trinajstić information content (AvgIpc) is 2.60. The van der Waals surface area contributed by atoms with Crippen LogP contribution in [0.25, 0.3) is 0 Å². The third kappa shape index (κ3) is 5.67. The molecule has 0 saturated carbocycles. The Bertz CT molecular complexity index is 758. The lowest BCUT2D eigenvalue weighted by molar-refractivity contribution is 0.0716. The maximum absolute atomic E-state index is 12.5. The quantitative estimate of drug-likeness (QED) is 0.709. The number of aromatic nitrogens is 2. The molecule has 2 rings (SSSR count). The molecule has 0 spiro atoms. The molecule has 0 bridgehead atoms. The van der Waals surface area contributed by atoms with Crippen LogP contribution in [0.4, 0.5) is 0 Å². The van der Waals surface area contributed by atoms with Crippen LogP contribution in [0.15, 0.2) is 36.7 Å². The summed E-state index contributed by atoms with van der Waals surface area (Å²) in [6, 6.07) is 5.98. The molecular weight excluding hydrogens is 367 g/mol. The number of nitrogens with zero attached hydrogens (tertiary/aromatic N) is 3. The largest absolute Gasteiger partial charge is 0.395 e. The number of aliphatic hydroxyl groups excluding tert-OH is 1. The minimum atomic E-state index is -0.326. The lowest BCUT2D eigenvalue weighted by Crippen LogP contribution is -2.40. The van der Waals surface area contributed by atoms with Crippen LogP contribution in [0.5, 0.6) is 0 Å². The highest BCUT2D eigenvalue weighted by Gasteiger charge is 2.16. The summed E-state index contributed by atoms with van der Waals surface area (Å²) >= 11 is 11.5. The number of halogens is 2. The van der Waals surface area contributed by atoms with Gasteiger partial charge in [0.25, 0.3) is 11.8 Å². The molecule has 0 aromatic carbocycles. The molecule has 0 unspecified atom stereocenters. The molecule has 2 heterocycles. The second-order valence-electron chi connectivity index (χ2n) is 5.01. The molecule has 0 aliphatic rings. The van der Waals surface area contributed by atoms with E-state index in [1.54, 1.807) is 0 Å². The monoisotopic (exact) mass is 382 g/mol. The smallest absolute Gasteiger partial charge is 0.254 e. The number of aliphatic hydroxyl groups is 1. The molecule has 0 atom stereocenters. The molecule has 7 nitrogen and oxygen atoms in total. The first-order chi connectivity index (χ1) is 12.0. The van der Waals surface area contributed by atoms with E-state index in [0.717, 1.165) is 0 Å². The first kappa shape index (κ1) is 19.1. The molecule has 2 amide bonds. The maximum atomic E-state index is 12.5. The van der Waals surface area contributed by atoms with Gasteiger partial charge in [-0.3, -0.25) is 9.59 Å². The molecule has 2 aromatic rings. The highest BCUT2D eigenvalue weighted by molar-refractivity contribution is 6.30. The first-order valence-corrected chi connectivity index (χ1v) is 8.18. The van der Waals surface area contributed by atoms with Gasteiger partial charge >= 0.3 is 0 Å². The number of pyridine rings is 2. The summed E-state index contributed by atoms with van der Waals surface area (Å²) in [5, 5.41) is 12.3. The van der Waals surface area contributed by atoms with Crippen LogP contribution in [0.3, 0.4) is 0 Å². The fourth-order valence-corrected chi connectivity index (χ4v) is 2.45. The van der Waals surface area contributed by atoms with E-state index in [9.17, 15) is 9.59 Å². The summed E-state index contributed by atoms with van der Waals surface area (Å²) in [5.41, 5.74) is 0.738. The van der Waals surface area contributed by atoms with E-state index in [4.69, 9.17) is 28.3 Å². The van der Waals surface area contributed by atoms with Crippen molar-refractivity contribution in [1.29, 1.82) is 0 Å². The Morgan fingerprint density at radius 1 is 1.04 bits per heavy atom. The first-order valence-electron chi connectivity index (χ1n) is 7.42. The van der Waals surface area contributed by atoms with Crippen LogP contribution < -0.4 is 5.32 Å². The van der Waals surface area contributed by atoms with Crippen LogP contribution >= 0.6 is 23.2 Å². The number of rotatable bonds is 7. The summed E-state index contributed by atoms with van der Waals surface area (Å²) in [5.74, 6) is -0.632. The Labute approximate surface area is 154 Å². The Morgan fingerprint density at radius 3 is 2.24 bits per heavy atom. The number of hydrogen-bond acceptors (Lipinski definition) is 5. The highest BCUT2D eigenvalue weighted by Crippen LogP contribution is 2.10. The van der Waals surface area contributed by atoms with Crippen molar-refractivity contribution in [2.24, 2.45) is 0 Å². The van der Waals surface area contributed by atoms with E-state index in [0.29, 0.717) is 11.1 Å². The fourth-order valence-electron chi connectivity index (χ4n) is 2.10. The summed E-state index contributed by atoms with van der Waals surface area (Å²) < 4.78 is 0. The van der Waals surface area contributed by atoms with Gasteiger partial charge < -0.3 is 15.3 Å². The third-order valence-electron chi connectivity index (χ3n) is 3.29. The Kier molecular flexibility index (Phi) is 7.12. The van der Waals surface area contributed by atoms with Crippen molar-refractivity contribution in [3.63, 3.8) is 0 Å². The van der Waals surface area contributed by atoms with E-state index in [1.165, 1.54) is 41.6 Å². The molecule has 2 aromatic heterocycles. The van der Waals surface area contributed by atoms with Crippen molar-refractivity contribution in [2.75, 3.05) is 26.2 Å². The molecule has 0 aliphatic heterocycles. The Hall–Kier alpha value is -2.22. The van der Waals surface area contributed by atoms with Gasteiger partial charge in [-0.2, -0.15) is 0 Å². The Morgan fingerprint density at radius 2 is 1.64 bits per heavy atom. The van der Waals surface area contributed by atoms with Gasteiger partial charge in [-0.1, -0.05) is 23.2 Å². The predicted octanol–water partition coefficient (Wildman–Crippen LogP) is 1.65. The van der Waals surface area contributed by atoms with Crippen LogP contribution in [0, 0.1) is 0 Å². The molecule has 0 radical (unpaired) electrons. The van der Waals surface area contributed by atoms with E-state index in [2.05, 4.69) is 15.3 Å². The lowest BCUT2D eigenvalue weighted by Gasteiger charge is -2.22. The summed E-state index contributed by atoms with van der Waals surface area (Å²) in [7, 11) is 0. The van der Waals surface area contributed by atoms with E-state index in [1.807, 2.05) is 0 Å². The standard InChI is InChI=1S/C16H16Cl2N4O3/c17-13-9-11(1-3-19-13)15(24)21-5-6-22(7-8-23)16(25)12-2-4-20-14(18)10-12/h1-4,9-10,23H,5-8H2,(H,21,24). The van der Waals surface area contributed by atoms with Crippen molar-refractivity contribution in [2.45, 2.75) is 0 Å². The zero-order chi connectivity index (χ0) is 18.2. The van der Waals surface area contributed by atoms with Gasteiger partial charge in [0.05, 0.1) is 6.61 Å². The number of amides is 2. The van der Waals surface area contributed by atoms with Crippen molar-refractivity contribution >= 4 is 35.0 Å². The summed E-state index contributed by atoms with van der Waals surface area (Å²) in [4.78, 5) is 33.6. The van der Waals surface area contributed by atoms with Gasteiger partial charge in [0.2, 0.25) is 0 Å². The van der Waals surface area contributed by atoms with Crippen molar-refractivity contribution in [1.82, 2.24) is 20.2 Å². The topological polar surface area (TPSA) is 95.4 Å². The minimum absolute atomic E-state index is 0.135. The van der Waals surface area contributed by atoms with Crippen molar-refractivity contribution < 1.29 is 14.7 Å². The number of hydrogen-bond donors (Lipinski definition) is 2. The Balaban J connectivity index is 1.95. The lowest BCUT2D eigenvalue weighted by atomic mass is 10.2. The van der Waals surface area contributed by atoms with E-state index in [-0.39, 0.29) is 48.4 Å². The molecule has 132 valence electrons. The molecule has 0 saturated heterocycles. The van der Waals surface area contributed by atoms with Gasteiger partial charge in [0.15, 0.2) is 0 Å². The second-order valence-corrected chi connectivity index (χ2v) is 5.78. The van der Waals surface area contributed by atoms with Crippen LogP contribution in [0.1, 0.15) is 20.7 Å². The van der Waals surface area contributed by atoms with Gasteiger partial charge in [0, 0.05) is 43.2 Å². The van der Waals surface area contributed by atoms with Crippen molar-refractivity contribution in [3.8, 4) is 0 Å². The normalized spacial score (nSPS) is 10.4. The number of carbonyl (C=O) groups is 2. The predicted molar refractivity (Wildman–Crippen MR) is 93.8 cm³/mol. The van der Waals surface area contributed by atoms with E-state index < -0.39 is 0 Å². The van der Waals surface area contributed by atoms with Gasteiger partial charge in [-0.25, -0.2) is 9.97 Å². The zero-order valence-corrected chi connectivity index (χ0v) is 14.7. The molecular formula is C16H16Cl2N4O3. The summed E-state index contributed by atoms with van der Waals surface area (Å²) in [6.45, 7) is 0.376. The van der Waals surface area contributed by atoms with Gasteiger partial charge in [0.1, 0.15) is 10.3 Å². The van der Waals surface area contributed by atoms with Gasteiger partial charge in [-0.05, 0) is 24.3 Å². The highest BCUT2D eigenvalue weighted by atomic mass is 35.5. The number of nitrogens with one attached hydrogen (secondary N) is 1. The molecule has 25 heavy (non-hydrogen) atoms. The molecule has 9 heteroatoms. The molecule has 2 N–H and O–H groups in total. The average molecular weight is 383 g/mol. The summed E-state index contributed by atoms with van der Waals surface area (Å²) in [6.07, 6.45) is 2.87.